The molecule has 0 amide bonds. The van der Waals surface area contributed by atoms with Crippen LogP contribution >= 0.6 is 0 Å². The summed E-state index contributed by atoms with van der Waals surface area (Å²) in [5, 5.41) is 12.1. The van der Waals surface area contributed by atoms with Gasteiger partial charge in [0.15, 0.2) is 0 Å². The van der Waals surface area contributed by atoms with Crippen molar-refractivity contribution in [1.29, 1.82) is 0 Å². The molecule has 4 saturated carbocycles. The number of fused-ring (bicyclic) bond motifs is 5. The van der Waals surface area contributed by atoms with Crippen LogP contribution in [0.2, 0.25) is 0 Å². The van der Waals surface area contributed by atoms with Gasteiger partial charge >= 0.3 is 5.97 Å². The average Bonchev–Trinajstić information content (AvgIpc) is 3.16. The van der Waals surface area contributed by atoms with E-state index in [1.165, 1.54) is 0 Å². The molecule has 1 N–H and O–H groups in total. The highest BCUT2D eigenvalue weighted by atomic mass is 16.5. The van der Waals surface area contributed by atoms with Gasteiger partial charge in [0.25, 0.3) is 0 Å². The van der Waals surface area contributed by atoms with Crippen LogP contribution in [0.25, 0.3) is 0 Å². The lowest BCUT2D eigenvalue weighted by Crippen LogP contribution is -2.62. The Balaban J connectivity index is 1.48. The van der Waals surface area contributed by atoms with Crippen LogP contribution in [0.5, 0.6) is 0 Å². The summed E-state index contributed by atoms with van der Waals surface area (Å²) in [5.41, 5.74) is 0.488. The standard InChI is InChI=1S/C23H32O4/c1-21-8-5-16(24)12-15(21)3-4-19-18(21)6-9-22(2)17(7-10-23(19,22)26)14-11-20(25)27-13-14/h11,15,17-19,26H,3-10,12-13H2,1-2H3/t15?,17-,18?,19-,21+,22-,23+/m1/s1. The van der Waals surface area contributed by atoms with Crippen molar-refractivity contribution in [3.63, 3.8) is 0 Å². The van der Waals surface area contributed by atoms with Crippen molar-refractivity contribution in [2.75, 3.05) is 6.61 Å². The fraction of sp³-hybridized carbons (Fsp3) is 0.826. The number of ether oxygens (including phenoxy) is 1. The van der Waals surface area contributed by atoms with Crippen molar-refractivity contribution >= 4 is 11.8 Å². The molecule has 4 fully saturated rings. The molecule has 7 atom stereocenters. The van der Waals surface area contributed by atoms with E-state index in [2.05, 4.69) is 13.8 Å². The fourth-order valence-electron chi connectivity index (χ4n) is 8.20. The van der Waals surface area contributed by atoms with E-state index < -0.39 is 5.60 Å². The van der Waals surface area contributed by atoms with E-state index in [1.807, 2.05) is 0 Å². The normalized spacial score (nSPS) is 51.9. The van der Waals surface area contributed by atoms with E-state index >= 15 is 0 Å². The quantitative estimate of drug-likeness (QED) is 0.711. The van der Waals surface area contributed by atoms with Gasteiger partial charge in [-0.1, -0.05) is 13.8 Å². The van der Waals surface area contributed by atoms with E-state index in [9.17, 15) is 14.7 Å². The third kappa shape index (κ3) is 2.25. The molecule has 1 aliphatic heterocycles. The Hall–Kier alpha value is -1.16. The first-order valence-electron chi connectivity index (χ1n) is 10.9. The summed E-state index contributed by atoms with van der Waals surface area (Å²) in [7, 11) is 0. The zero-order valence-electron chi connectivity index (χ0n) is 16.6. The number of cyclic esters (lactones) is 1. The Labute approximate surface area is 161 Å². The maximum absolute atomic E-state index is 12.1. The Morgan fingerprint density at radius 1 is 1.04 bits per heavy atom. The van der Waals surface area contributed by atoms with Crippen LogP contribution in [0.3, 0.4) is 0 Å². The smallest absolute Gasteiger partial charge is 0.331 e. The number of hydrogen-bond donors (Lipinski definition) is 1. The highest BCUT2D eigenvalue weighted by Gasteiger charge is 2.67. The van der Waals surface area contributed by atoms with Crippen molar-refractivity contribution in [3.05, 3.63) is 11.6 Å². The molecular weight excluding hydrogens is 340 g/mol. The van der Waals surface area contributed by atoms with E-state index in [1.54, 1.807) is 6.08 Å². The van der Waals surface area contributed by atoms with Crippen molar-refractivity contribution in [3.8, 4) is 0 Å². The van der Waals surface area contributed by atoms with Crippen LogP contribution in [0.1, 0.15) is 71.6 Å². The van der Waals surface area contributed by atoms with Gasteiger partial charge in [-0.2, -0.15) is 0 Å². The maximum atomic E-state index is 12.1. The zero-order valence-corrected chi connectivity index (χ0v) is 16.6. The molecule has 0 spiro atoms. The second-order valence-electron chi connectivity index (χ2n) is 10.5. The number of Topliss-reactive ketones (excluding diaryl/α,β-unsaturated/α-hetero) is 1. The molecule has 5 aliphatic rings. The lowest BCUT2D eigenvalue weighted by Gasteiger charge is -2.63. The summed E-state index contributed by atoms with van der Waals surface area (Å²) in [4.78, 5) is 23.7. The molecule has 27 heavy (non-hydrogen) atoms. The molecule has 5 rings (SSSR count). The topological polar surface area (TPSA) is 63.6 Å². The van der Waals surface area contributed by atoms with E-state index in [0.717, 1.165) is 63.4 Å². The minimum atomic E-state index is -0.650. The third-order valence-corrected chi connectivity index (χ3v) is 9.80. The highest BCUT2D eigenvalue weighted by molar-refractivity contribution is 5.85. The monoisotopic (exact) mass is 372 g/mol. The molecule has 4 heteroatoms. The first-order valence-corrected chi connectivity index (χ1v) is 10.9. The van der Waals surface area contributed by atoms with Crippen molar-refractivity contribution in [2.45, 2.75) is 77.2 Å². The van der Waals surface area contributed by atoms with Crippen LogP contribution in [0.4, 0.5) is 0 Å². The number of ketones is 1. The lowest BCUT2D eigenvalue weighted by molar-refractivity contribution is -0.203. The van der Waals surface area contributed by atoms with Crippen LogP contribution in [-0.4, -0.2) is 29.1 Å². The first-order chi connectivity index (χ1) is 12.8. The first kappa shape index (κ1) is 17.9. The SMILES string of the molecule is C[C@]12CCC(=O)CC1CC[C@@H]1C2CC[C@]2(C)[C@@H](C3=CC(=O)OC3)CC[C@]12O. The number of esters is 1. The van der Waals surface area contributed by atoms with Gasteiger partial charge in [0.1, 0.15) is 12.4 Å². The van der Waals surface area contributed by atoms with Gasteiger partial charge in [-0.15, -0.1) is 0 Å². The largest absolute Gasteiger partial charge is 0.458 e. The Bertz CT molecular complexity index is 726. The molecule has 0 aromatic rings. The third-order valence-electron chi connectivity index (χ3n) is 9.80. The lowest BCUT2D eigenvalue weighted by atomic mass is 9.43. The van der Waals surface area contributed by atoms with Crippen molar-refractivity contribution in [1.82, 2.24) is 0 Å². The van der Waals surface area contributed by atoms with Gasteiger partial charge in [0.2, 0.25) is 0 Å². The van der Waals surface area contributed by atoms with Crippen LogP contribution in [0.15, 0.2) is 11.6 Å². The average molecular weight is 373 g/mol. The summed E-state index contributed by atoms with van der Waals surface area (Å²) in [6, 6.07) is 0. The molecule has 2 unspecified atom stereocenters. The summed E-state index contributed by atoms with van der Waals surface area (Å²) in [5.74, 6) is 1.83. The van der Waals surface area contributed by atoms with E-state index in [-0.39, 0.29) is 22.7 Å². The van der Waals surface area contributed by atoms with Gasteiger partial charge in [0.05, 0.1) is 5.60 Å². The minimum Gasteiger partial charge on any atom is -0.458 e. The van der Waals surface area contributed by atoms with Gasteiger partial charge in [-0.05, 0) is 79.6 Å². The molecule has 4 aliphatic carbocycles. The van der Waals surface area contributed by atoms with Crippen LogP contribution in [-0.2, 0) is 14.3 Å². The molecule has 0 aromatic heterocycles. The second-order valence-corrected chi connectivity index (χ2v) is 10.5. The number of aliphatic hydroxyl groups is 1. The number of carbonyl (C=O) groups excluding carboxylic acids is 2. The minimum absolute atomic E-state index is 0.165. The molecule has 0 saturated heterocycles. The molecule has 0 aromatic carbocycles. The summed E-state index contributed by atoms with van der Waals surface area (Å²) in [6.07, 6.45) is 10.2. The van der Waals surface area contributed by atoms with Gasteiger partial charge < -0.3 is 9.84 Å². The predicted molar refractivity (Wildman–Crippen MR) is 101 cm³/mol. The highest BCUT2D eigenvalue weighted by Crippen LogP contribution is 2.69. The molecular formula is C23H32O4. The Morgan fingerprint density at radius 2 is 1.85 bits per heavy atom. The molecule has 148 valence electrons. The summed E-state index contributed by atoms with van der Waals surface area (Å²) >= 11 is 0. The molecule has 0 radical (unpaired) electrons. The van der Waals surface area contributed by atoms with Gasteiger partial charge in [-0.3, -0.25) is 4.79 Å². The summed E-state index contributed by atoms with van der Waals surface area (Å²) < 4.78 is 5.19. The van der Waals surface area contributed by atoms with Crippen LogP contribution in [0, 0.1) is 34.5 Å². The van der Waals surface area contributed by atoms with E-state index in [4.69, 9.17) is 4.74 Å². The predicted octanol–water partition coefficient (Wildman–Crippen LogP) is 3.81. The number of hydrogen-bond acceptors (Lipinski definition) is 4. The Morgan fingerprint density at radius 3 is 2.59 bits per heavy atom. The fourth-order valence-corrected chi connectivity index (χ4v) is 8.20. The van der Waals surface area contributed by atoms with E-state index in [0.29, 0.717) is 30.1 Å². The van der Waals surface area contributed by atoms with Gasteiger partial charge in [0, 0.05) is 24.3 Å². The Kier molecular flexibility index (Phi) is 3.77. The molecule has 0 bridgehead atoms. The van der Waals surface area contributed by atoms with Crippen molar-refractivity contribution < 1.29 is 19.4 Å². The summed E-state index contributed by atoms with van der Waals surface area (Å²) in [6.45, 7) is 5.08. The molecule has 1 heterocycles. The zero-order chi connectivity index (χ0) is 19.0. The molecule has 4 nitrogen and oxygen atoms in total. The van der Waals surface area contributed by atoms with Crippen molar-refractivity contribution in [2.24, 2.45) is 34.5 Å². The van der Waals surface area contributed by atoms with Crippen LogP contribution < -0.4 is 0 Å². The number of carbonyl (C=O) groups is 2. The number of rotatable bonds is 1. The second kappa shape index (κ2) is 5.68. The maximum Gasteiger partial charge on any atom is 0.331 e. The van der Waals surface area contributed by atoms with Gasteiger partial charge in [-0.25, -0.2) is 4.79 Å².